The second-order valence-corrected chi connectivity index (χ2v) is 5.21. The van der Waals surface area contributed by atoms with Crippen LogP contribution in [0.5, 0.6) is 0 Å². The fraction of sp³-hybridized carbons (Fsp3) is 0.600. The van der Waals surface area contributed by atoms with E-state index in [2.05, 4.69) is 37.8 Å². The van der Waals surface area contributed by atoms with E-state index in [1.54, 1.807) is 0 Å². The highest BCUT2D eigenvalue weighted by molar-refractivity contribution is 5.52. The largest absolute Gasteiger partial charge is 0.398 e. The molecule has 1 atom stereocenters. The van der Waals surface area contributed by atoms with Crippen LogP contribution in [0.25, 0.3) is 0 Å². The lowest BCUT2D eigenvalue weighted by atomic mass is 9.94. The Morgan fingerprint density at radius 3 is 2.53 bits per heavy atom. The van der Waals surface area contributed by atoms with Gasteiger partial charge in [0.1, 0.15) is 0 Å². The Morgan fingerprint density at radius 1 is 1.24 bits per heavy atom. The van der Waals surface area contributed by atoms with Gasteiger partial charge in [0, 0.05) is 24.8 Å². The van der Waals surface area contributed by atoms with E-state index in [1.807, 2.05) is 6.07 Å². The first-order valence-electron chi connectivity index (χ1n) is 6.77. The number of rotatable bonds is 4. The first kappa shape index (κ1) is 12.4. The molecule has 94 valence electrons. The first-order chi connectivity index (χ1) is 8.17. The molecular formula is C15H24N2. The molecule has 0 saturated carbocycles. The minimum Gasteiger partial charge on any atom is -0.398 e. The van der Waals surface area contributed by atoms with E-state index in [0.717, 1.165) is 24.7 Å². The maximum absolute atomic E-state index is 6.05. The Labute approximate surface area is 105 Å². The Hall–Kier alpha value is -1.02. The van der Waals surface area contributed by atoms with Gasteiger partial charge in [0.15, 0.2) is 0 Å². The van der Waals surface area contributed by atoms with Gasteiger partial charge >= 0.3 is 0 Å². The number of nitrogens with two attached hydrogens (primary N) is 1. The predicted molar refractivity (Wildman–Crippen MR) is 73.6 cm³/mol. The third-order valence-corrected chi connectivity index (χ3v) is 4.35. The third-order valence-electron chi connectivity index (χ3n) is 4.35. The van der Waals surface area contributed by atoms with Gasteiger partial charge in [-0.25, -0.2) is 0 Å². The molecule has 0 fully saturated rings. The first-order valence-corrected chi connectivity index (χ1v) is 6.77. The van der Waals surface area contributed by atoms with Crippen molar-refractivity contribution in [3.63, 3.8) is 0 Å². The van der Waals surface area contributed by atoms with Crippen molar-refractivity contribution in [2.75, 3.05) is 5.73 Å². The van der Waals surface area contributed by atoms with Crippen LogP contribution in [0.15, 0.2) is 18.2 Å². The van der Waals surface area contributed by atoms with Gasteiger partial charge in [0.05, 0.1) is 0 Å². The summed E-state index contributed by atoms with van der Waals surface area (Å²) >= 11 is 0. The Bertz CT molecular complexity index is 383. The minimum atomic E-state index is 0.650. The van der Waals surface area contributed by atoms with Crippen molar-refractivity contribution in [3.05, 3.63) is 29.3 Å². The molecule has 0 spiro atoms. The Balaban J connectivity index is 2.12. The van der Waals surface area contributed by atoms with E-state index in [0.29, 0.717) is 6.04 Å². The van der Waals surface area contributed by atoms with Gasteiger partial charge in [-0.1, -0.05) is 38.8 Å². The molecule has 0 saturated heterocycles. The highest BCUT2D eigenvalue weighted by Gasteiger charge is 2.27. The van der Waals surface area contributed by atoms with Crippen LogP contribution in [0.3, 0.4) is 0 Å². The number of nitrogen functional groups attached to an aromatic ring is 1. The molecule has 1 aromatic rings. The molecule has 1 aromatic carbocycles. The van der Waals surface area contributed by atoms with Crippen LogP contribution in [0.2, 0.25) is 0 Å². The standard InChI is InChI=1S/C15H24N2/c1-4-12(5-2)11(3)17-9-13-7-6-8-15(16)14(13)10-17/h6-8,11-12H,4-5,9-10,16H2,1-3H3. The van der Waals surface area contributed by atoms with Crippen molar-refractivity contribution in [1.29, 1.82) is 0 Å². The normalized spacial score (nSPS) is 17.4. The average Bonchev–Trinajstić information content (AvgIpc) is 2.76. The zero-order valence-electron chi connectivity index (χ0n) is 11.2. The highest BCUT2D eigenvalue weighted by Crippen LogP contribution is 2.31. The predicted octanol–water partition coefficient (Wildman–Crippen LogP) is 3.41. The van der Waals surface area contributed by atoms with Gasteiger partial charge in [-0.05, 0) is 30.0 Å². The quantitative estimate of drug-likeness (QED) is 0.806. The van der Waals surface area contributed by atoms with E-state index in [4.69, 9.17) is 5.73 Å². The van der Waals surface area contributed by atoms with Crippen LogP contribution in [-0.4, -0.2) is 10.9 Å². The fourth-order valence-corrected chi connectivity index (χ4v) is 3.03. The van der Waals surface area contributed by atoms with Crippen LogP contribution >= 0.6 is 0 Å². The van der Waals surface area contributed by atoms with Crippen molar-refractivity contribution < 1.29 is 0 Å². The summed E-state index contributed by atoms with van der Waals surface area (Å²) in [6.07, 6.45) is 2.53. The minimum absolute atomic E-state index is 0.650. The summed E-state index contributed by atoms with van der Waals surface area (Å²) in [6, 6.07) is 6.95. The van der Waals surface area contributed by atoms with E-state index in [1.165, 1.54) is 24.0 Å². The van der Waals surface area contributed by atoms with Crippen molar-refractivity contribution in [2.45, 2.75) is 52.7 Å². The molecule has 2 heteroatoms. The molecule has 0 radical (unpaired) electrons. The molecule has 0 bridgehead atoms. The lowest BCUT2D eigenvalue weighted by Crippen LogP contribution is -2.34. The van der Waals surface area contributed by atoms with Crippen LogP contribution in [-0.2, 0) is 13.1 Å². The molecule has 17 heavy (non-hydrogen) atoms. The molecule has 1 aliphatic rings. The zero-order valence-corrected chi connectivity index (χ0v) is 11.2. The van der Waals surface area contributed by atoms with Crippen LogP contribution in [0.1, 0.15) is 44.7 Å². The second-order valence-electron chi connectivity index (χ2n) is 5.21. The summed E-state index contributed by atoms with van der Waals surface area (Å²) in [5.41, 5.74) is 9.78. The molecule has 1 aliphatic heterocycles. The van der Waals surface area contributed by atoms with Crippen LogP contribution in [0.4, 0.5) is 5.69 Å². The number of hydrogen-bond donors (Lipinski definition) is 1. The molecule has 0 aromatic heterocycles. The Morgan fingerprint density at radius 2 is 1.94 bits per heavy atom. The second kappa shape index (κ2) is 5.09. The van der Waals surface area contributed by atoms with Crippen molar-refractivity contribution in [2.24, 2.45) is 5.92 Å². The van der Waals surface area contributed by atoms with Gasteiger partial charge in [0.2, 0.25) is 0 Å². The molecule has 2 N–H and O–H groups in total. The van der Waals surface area contributed by atoms with Crippen LogP contribution in [0, 0.1) is 5.92 Å². The molecule has 2 rings (SSSR count). The summed E-state index contributed by atoms with van der Waals surface area (Å²) in [6.45, 7) is 9.04. The smallest absolute Gasteiger partial charge is 0.0363 e. The number of benzene rings is 1. The highest BCUT2D eigenvalue weighted by atomic mass is 15.2. The van der Waals surface area contributed by atoms with E-state index in [9.17, 15) is 0 Å². The van der Waals surface area contributed by atoms with Gasteiger partial charge < -0.3 is 5.73 Å². The van der Waals surface area contributed by atoms with Gasteiger partial charge in [-0.15, -0.1) is 0 Å². The van der Waals surface area contributed by atoms with Crippen LogP contribution < -0.4 is 5.73 Å². The summed E-state index contributed by atoms with van der Waals surface area (Å²) in [5.74, 6) is 0.797. The maximum atomic E-state index is 6.05. The fourth-order valence-electron chi connectivity index (χ4n) is 3.03. The molecule has 1 unspecified atom stereocenters. The summed E-state index contributed by atoms with van der Waals surface area (Å²) < 4.78 is 0. The SMILES string of the molecule is CCC(CC)C(C)N1Cc2cccc(N)c2C1. The summed E-state index contributed by atoms with van der Waals surface area (Å²) in [5, 5.41) is 0. The average molecular weight is 232 g/mol. The molecule has 1 heterocycles. The molecule has 0 amide bonds. The molecule has 0 aliphatic carbocycles. The van der Waals surface area contributed by atoms with Gasteiger partial charge in [0.25, 0.3) is 0 Å². The van der Waals surface area contributed by atoms with Crippen molar-refractivity contribution >= 4 is 5.69 Å². The summed E-state index contributed by atoms with van der Waals surface area (Å²) in [4.78, 5) is 2.57. The number of nitrogens with zero attached hydrogens (tertiary/aromatic N) is 1. The van der Waals surface area contributed by atoms with Crippen molar-refractivity contribution in [3.8, 4) is 0 Å². The monoisotopic (exact) mass is 232 g/mol. The lowest BCUT2D eigenvalue weighted by molar-refractivity contribution is 0.148. The van der Waals surface area contributed by atoms with Gasteiger partial charge in [-0.2, -0.15) is 0 Å². The topological polar surface area (TPSA) is 29.3 Å². The lowest BCUT2D eigenvalue weighted by Gasteiger charge is -2.30. The molecule has 2 nitrogen and oxygen atoms in total. The van der Waals surface area contributed by atoms with E-state index >= 15 is 0 Å². The van der Waals surface area contributed by atoms with Crippen molar-refractivity contribution in [1.82, 2.24) is 4.90 Å². The number of hydrogen-bond acceptors (Lipinski definition) is 2. The molecular weight excluding hydrogens is 208 g/mol. The Kier molecular flexibility index (Phi) is 3.72. The zero-order chi connectivity index (χ0) is 12.4. The maximum Gasteiger partial charge on any atom is 0.0363 e. The number of anilines is 1. The van der Waals surface area contributed by atoms with E-state index in [-0.39, 0.29) is 0 Å². The van der Waals surface area contributed by atoms with Gasteiger partial charge in [-0.3, -0.25) is 4.90 Å². The number of fused-ring (bicyclic) bond motifs is 1. The summed E-state index contributed by atoms with van der Waals surface area (Å²) in [7, 11) is 0. The van der Waals surface area contributed by atoms with E-state index < -0.39 is 0 Å². The third kappa shape index (κ3) is 2.32.